The molecule has 1 aliphatic rings. The van der Waals surface area contributed by atoms with Crippen LogP contribution in [0.5, 0.6) is 11.5 Å². The maximum Gasteiger partial charge on any atom is 0.134 e. The van der Waals surface area contributed by atoms with Gasteiger partial charge in [-0.05, 0) is 36.8 Å². The van der Waals surface area contributed by atoms with Gasteiger partial charge in [0, 0.05) is 6.07 Å². The van der Waals surface area contributed by atoms with Gasteiger partial charge in [-0.2, -0.15) is 0 Å². The van der Waals surface area contributed by atoms with Crippen molar-refractivity contribution in [1.82, 2.24) is 0 Å². The first-order valence-electron chi connectivity index (χ1n) is 8.30. The number of rotatable bonds is 7. The molecule has 0 heterocycles. The van der Waals surface area contributed by atoms with Crippen molar-refractivity contribution in [2.75, 3.05) is 6.61 Å². The second kappa shape index (κ2) is 8.53. The average molecular weight is 311 g/mol. The molecule has 0 unspecified atom stereocenters. The Labute approximate surface area is 133 Å². The van der Waals surface area contributed by atoms with E-state index in [0.29, 0.717) is 10.9 Å². The second-order valence-electron chi connectivity index (χ2n) is 6.31. The van der Waals surface area contributed by atoms with E-state index in [4.69, 9.17) is 16.3 Å². The van der Waals surface area contributed by atoms with Crippen LogP contribution in [0, 0.1) is 11.8 Å². The minimum atomic E-state index is 0.108. The van der Waals surface area contributed by atoms with Gasteiger partial charge >= 0.3 is 0 Å². The Morgan fingerprint density at radius 2 is 1.86 bits per heavy atom. The van der Waals surface area contributed by atoms with E-state index in [0.717, 1.165) is 18.3 Å². The van der Waals surface area contributed by atoms with E-state index in [1.165, 1.54) is 51.4 Å². The van der Waals surface area contributed by atoms with E-state index < -0.39 is 0 Å². The number of phenolic OH excluding ortho intramolecular Hbond substituents is 1. The van der Waals surface area contributed by atoms with Crippen LogP contribution in [-0.2, 0) is 0 Å². The number of hydrogen-bond donors (Lipinski definition) is 1. The molecule has 2 nitrogen and oxygen atoms in total. The zero-order chi connectivity index (χ0) is 15.1. The van der Waals surface area contributed by atoms with Gasteiger partial charge in [-0.3, -0.25) is 0 Å². The van der Waals surface area contributed by atoms with Gasteiger partial charge in [-0.1, -0.05) is 57.0 Å². The molecule has 1 N–H and O–H groups in total. The SMILES string of the molecule is CCCCCC1CCC(COc2ccc(O)c(Cl)c2)CC1. The monoisotopic (exact) mass is 310 g/mol. The second-order valence-corrected chi connectivity index (χ2v) is 6.71. The molecule has 1 aromatic rings. The fourth-order valence-electron chi connectivity index (χ4n) is 3.16. The Kier molecular flexibility index (Phi) is 6.69. The molecule has 1 saturated carbocycles. The van der Waals surface area contributed by atoms with Crippen LogP contribution in [0.15, 0.2) is 18.2 Å². The summed E-state index contributed by atoms with van der Waals surface area (Å²) in [4.78, 5) is 0. The first kappa shape index (κ1) is 16.5. The van der Waals surface area contributed by atoms with Gasteiger partial charge < -0.3 is 9.84 Å². The van der Waals surface area contributed by atoms with Crippen molar-refractivity contribution in [3.63, 3.8) is 0 Å². The highest BCUT2D eigenvalue weighted by molar-refractivity contribution is 6.32. The van der Waals surface area contributed by atoms with Crippen molar-refractivity contribution < 1.29 is 9.84 Å². The third-order valence-corrected chi connectivity index (χ3v) is 4.89. The molecule has 0 amide bonds. The van der Waals surface area contributed by atoms with E-state index in [2.05, 4.69) is 6.92 Å². The molecular formula is C18H27ClO2. The summed E-state index contributed by atoms with van der Waals surface area (Å²) in [5, 5.41) is 9.74. The van der Waals surface area contributed by atoms with E-state index in [-0.39, 0.29) is 5.75 Å². The summed E-state index contributed by atoms with van der Waals surface area (Å²) >= 11 is 5.88. The Bertz CT molecular complexity index is 425. The smallest absolute Gasteiger partial charge is 0.134 e. The van der Waals surface area contributed by atoms with E-state index >= 15 is 0 Å². The van der Waals surface area contributed by atoms with Crippen LogP contribution in [0.2, 0.25) is 5.02 Å². The van der Waals surface area contributed by atoms with Crippen molar-refractivity contribution in [3.05, 3.63) is 23.2 Å². The molecule has 0 aliphatic heterocycles. The molecule has 118 valence electrons. The Morgan fingerprint density at radius 3 is 2.52 bits per heavy atom. The summed E-state index contributed by atoms with van der Waals surface area (Å²) in [5.74, 6) is 2.47. The highest BCUT2D eigenvalue weighted by atomic mass is 35.5. The van der Waals surface area contributed by atoms with Gasteiger partial charge in [0.25, 0.3) is 0 Å². The maximum absolute atomic E-state index is 9.39. The Hall–Kier alpha value is -0.890. The van der Waals surface area contributed by atoms with Crippen LogP contribution in [0.25, 0.3) is 0 Å². The molecule has 0 aromatic heterocycles. The molecule has 0 spiro atoms. The lowest BCUT2D eigenvalue weighted by atomic mass is 9.80. The van der Waals surface area contributed by atoms with Crippen molar-refractivity contribution in [2.24, 2.45) is 11.8 Å². The number of benzene rings is 1. The van der Waals surface area contributed by atoms with Crippen LogP contribution in [0.1, 0.15) is 58.3 Å². The van der Waals surface area contributed by atoms with Gasteiger partial charge in [0.2, 0.25) is 0 Å². The largest absolute Gasteiger partial charge is 0.506 e. The minimum absolute atomic E-state index is 0.108. The molecule has 1 aromatic carbocycles. The average Bonchev–Trinajstić information content (AvgIpc) is 2.50. The summed E-state index contributed by atoms with van der Waals surface area (Å²) in [6.45, 7) is 3.03. The molecule has 0 saturated heterocycles. The molecule has 0 radical (unpaired) electrons. The highest BCUT2D eigenvalue weighted by Crippen LogP contribution is 2.33. The van der Waals surface area contributed by atoms with E-state index in [9.17, 15) is 5.11 Å². The van der Waals surface area contributed by atoms with E-state index in [1.807, 2.05) is 0 Å². The zero-order valence-corrected chi connectivity index (χ0v) is 13.7. The number of phenols is 1. The first-order chi connectivity index (χ1) is 10.2. The third kappa shape index (κ3) is 5.43. The van der Waals surface area contributed by atoms with Gasteiger partial charge in [0.15, 0.2) is 0 Å². The lowest BCUT2D eigenvalue weighted by molar-refractivity contribution is 0.177. The molecule has 0 atom stereocenters. The lowest BCUT2D eigenvalue weighted by Crippen LogP contribution is -2.20. The predicted octanol–water partition coefficient (Wildman–Crippen LogP) is 5.81. The molecule has 1 aliphatic carbocycles. The maximum atomic E-state index is 9.39. The van der Waals surface area contributed by atoms with E-state index in [1.54, 1.807) is 18.2 Å². The quantitative estimate of drug-likeness (QED) is 0.644. The fourth-order valence-corrected chi connectivity index (χ4v) is 3.33. The number of halogens is 1. The number of ether oxygens (including phenoxy) is 1. The van der Waals surface area contributed by atoms with Gasteiger partial charge in [0.05, 0.1) is 11.6 Å². The third-order valence-electron chi connectivity index (χ3n) is 4.59. The lowest BCUT2D eigenvalue weighted by Gasteiger charge is -2.28. The predicted molar refractivity (Wildman–Crippen MR) is 88.2 cm³/mol. The zero-order valence-electron chi connectivity index (χ0n) is 13.0. The van der Waals surface area contributed by atoms with Crippen LogP contribution in [-0.4, -0.2) is 11.7 Å². The number of hydrogen-bond acceptors (Lipinski definition) is 2. The molecule has 2 rings (SSSR count). The summed E-state index contributed by atoms with van der Waals surface area (Å²) < 4.78 is 5.82. The van der Waals surface area contributed by atoms with Crippen molar-refractivity contribution in [3.8, 4) is 11.5 Å². The van der Waals surface area contributed by atoms with Crippen molar-refractivity contribution in [2.45, 2.75) is 58.3 Å². The number of aromatic hydroxyl groups is 1. The Morgan fingerprint density at radius 1 is 1.14 bits per heavy atom. The van der Waals surface area contributed by atoms with Gasteiger partial charge in [0.1, 0.15) is 11.5 Å². The molecule has 3 heteroatoms. The molecule has 21 heavy (non-hydrogen) atoms. The summed E-state index contributed by atoms with van der Waals surface area (Å²) in [7, 11) is 0. The van der Waals surface area contributed by atoms with Gasteiger partial charge in [-0.25, -0.2) is 0 Å². The van der Waals surface area contributed by atoms with Crippen molar-refractivity contribution in [1.29, 1.82) is 0 Å². The fraction of sp³-hybridized carbons (Fsp3) is 0.667. The highest BCUT2D eigenvalue weighted by Gasteiger charge is 2.21. The number of unbranched alkanes of at least 4 members (excludes halogenated alkanes) is 2. The van der Waals surface area contributed by atoms with Crippen LogP contribution in [0.3, 0.4) is 0 Å². The normalized spacial score (nSPS) is 22.2. The Balaban J connectivity index is 1.67. The molecule has 1 fully saturated rings. The van der Waals surface area contributed by atoms with Crippen LogP contribution in [0.4, 0.5) is 0 Å². The van der Waals surface area contributed by atoms with Crippen molar-refractivity contribution >= 4 is 11.6 Å². The summed E-state index contributed by atoms with van der Waals surface area (Å²) in [5.41, 5.74) is 0. The summed E-state index contributed by atoms with van der Waals surface area (Å²) in [6.07, 6.45) is 10.8. The van der Waals surface area contributed by atoms with Gasteiger partial charge in [-0.15, -0.1) is 0 Å². The topological polar surface area (TPSA) is 29.5 Å². The summed E-state index contributed by atoms with van der Waals surface area (Å²) in [6, 6.07) is 5.05. The first-order valence-corrected chi connectivity index (χ1v) is 8.68. The van der Waals surface area contributed by atoms with Crippen LogP contribution >= 0.6 is 11.6 Å². The molecule has 0 bridgehead atoms. The standard InChI is InChI=1S/C18H27ClO2/c1-2-3-4-5-14-6-8-15(9-7-14)13-21-16-10-11-18(20)17(19)12-16/h10-12,14-15,20H,2-9,13H2,1H3. The van der Waals surface area contributed by atoms with Crippen LogP contribution < -0.4 is 4.74 Å². The molecular weight excluding hydrogens is 284 g/mol. The minimum Gasteiger partial charge on any atom is -0.506 e.